The Balaban J connectivity index is 0.000000366. The number of sulfonamides is 1. The van der Waals surface area contributed by atoms with E-state index in [4.69, 9.17) is 5.11 Å². The summed E-state index contributed by atoms with van der Waals surface area (Å²) in [5.74, 6) is 0.166. The molecule has 0 fully saturated rings. The van der Waals surface area contributed by atoms with Gasteiger partial charge in [-0.2, -0.15) is 0 Å². The molecule has 0 amide bonds. The predicted molar refractivity (Wildman–Crippen MR) is 91.2 cm³/mol. The summed E-state index contributed by atoms with van der Waals surface area (Å²) in [5, 5.41) is 10.3. The van der Waals surface area contributed by atoms with Crippen molar-refractivity contribution in [2.75, 3.05) is 0 Å². The molecule has 126 valence electrons. The Morgan fingerprint density at radius 2 is 2.00 bits per heavy atom. The molecular formula is C16H23N3O3S. The SMILES string of the molecule is CCC/C=C/S(=O)(=O)NCc1ccc(O)cc1.Cc1cnc[nH]1. The highest BCUT2D eigenvalue weighted by molar-refractivity contribution is 7.92. The number of hydrogen-bond acceptors (Lipinski definition) is 4. The molecule has 0 atom stereocenters. The molecule has 0 saturated carbocycles. The fourth-order valence-electron chi connectivity index (χ4n) is 1.53. The maximum absolute atomic E-state index is 11.5. The van der Waals surface area contributed by atoms with Crippen molar-refractivity contribution in [2.24, 2.45) is 0 Å². The first-order chi connectivity index (χ1) is 10.9. The average Bonchev–Trinajstić information content (AvgIpc) is 2.99. The van der Waals surface area contributed by atoms with Crippen molar-refractivity contribution in [1.82, 2.24) is 14.7 Å². The van der Waals surface area contributed by atoms with Crippen LogP contribution < -0.4 is 4.72 Å². The number of rotatable bonds is 6. The van der Waals surface area contributed by atoms with Gasteiger partial charge in [-0.25, -0.2) is 18.1 Å². The normalized spacial score (nSPS) is 11.2. The number of hydrogen-bond donors (Lipinski definition) is 3. The molecule has 7 heteroatoms. The number of aryl methyl sites for hydroxylation is 1. The van der Waals surface area contributed by atoms with E-state index in [1.54, 1.807) is 30.7 Å². The highest BCUT2D eigenvalue weighted by Gasteiger charge is 2.04. The number of aromatic amines is 1. The van der Waals surface area contributed by atoms with E-state index in [0.29, 0.717) is 0 Å². The van der Waals surface area contributed by atoms with Crippen LogP contribution in [0.3, 0.4) is 0 Å². The molecule has 0 spiro atoms. The fraction of sp³-hybridized carbons (Fsp3) is 0.312. The topological polar surface area (TPSA) is 95.1 Å². The Kier molecular flexibility index (Phi) is 8.07. The van der Waals surface area contributed by atoms with Crippen LogP contribution >= 0.6 is 0 Å². The number of benzene rings is 1. The van der Waals surface area contributed by atoms with Crippen LogP contribution in [0, 0.1) is 6.92 Å². The van der Waals surface area contributed by atoms with Crippen molar-refractivity contribution in [3.63, 3.8) is 0 Å². The quantitative estimate of drug-likeness (QED) is 0.755. The van der Waals surface area contributed by atoms with Crippen LogP contribution in [-0.2, 0) is 16.6 Å². The van der Waals surface area contributed by atoms with Gasteiger partial charge in [-0.3, -0.25) is 0 Å². The maximum atomic E-state index is 11.5. The van der Waals surface area contributed by atoms with E-state index in [1.807, 2.05) is 13.8 Å². The molecule has 23 heavy (non-hydrogen) atoms. The van der Waals surface area contributed by atoms with Crippen molar-refractivity contribution in [3.05, 3.63) is 59.5 Å². The zero-order valence-electron chi connectivity index (χ0n) is 13.4. The van der Waals surface area contributed by atoms with Gasteiger partial charge in [-0.15, -0.1) is 0 Å². The Morgan fingerprint density at radius 3 is 2.48 bits per heavy atom. The van der Waals surface area contributed by atoms with Gasteiger partial charge in [0.15, 0.2) is 0 Å². The highest BCUT2D eigenvalue weighted by atomic mass is 32.2. The molecule has 1 aromatic heterocycles. The maximum Gasteiger partial charge on any atom is 0.233 e. The molecule has 1 heterocycles. The molecule has 0 aliphatic rings. The van der Waals surface area contributed by atoms with Gasteiger partial charge in [-0.05, 0) is 31.0 Å². The number of H-pyrrole nitrogens is 1. The summed E-state index contributed by atoms with van der Waals surface area (Å²) < 4.78 is 25.5. The van der Waals surface area contributed by atoms with Gasteiger partial charge < -0.3 is 10.1 Å². The first kappa shape index (κ1) is 18.9. The number of allylic oxidation sites excluding steroid dienone is 1. The highest BCUT2D eigenvalue weighted by Crippen LogP contribution is 2.09. The van der Waals surface area contributed by atoms with Crippen molar-refractivity contribution >= 4 is 10.0 Å². The fourth-order valence-corrected chi connectivity index (χ4v) is 2.39. The number of nitrogens with zero attached hydrogens (tertiary/aromatic N) is 1. The Morgan fingerprint density at radius 1 is 1.30 bits per heavy atom. The predicted octanol–water partition coefficient (Wildman–Crippen LogP) is 2.84. The lowest BCUT2D eigenvalue weighted by molar-refractivity contribution is 0.475. The van der Waals surface area contributed by atoms with E-state index in [-0.39, 0.29) is 12.3 Å². The number of aromatic nitrogens is 2. The van der Waals surface area contributed by atoms with Crippen LogP contribution in [0.4, 0.5) is 0 Å². The third-order valence-electron chi connectivity index (χ3n) is 2.78. The van der Waals surface area contributed by atoms with Crippen LogP contribution in [-0.4, -0.2) is 23.5 Å². The van der Waals surface area contributed by atoms with Gasteiger partial charge in [0.1, 0.15) is 5.75 Å². The number of unbranched alkanes of at least 4 members (excludes halogenated alkanes) is 1. The number of phenols is 1. The number of phenolic OH excluding ortho intramolecular Hbond substituents is 1. The lowest BCUT2D eigenvalue weighted by Crippen LogP contribution is -2.20. The summed E-state index contributed by atoms with van der Waals surface area (Å²) in [6, 6.07) is 6.40. The van der Waals surface area contributed by atoms with Crippen molar-refractivity contribution in [1.29, 1.82) is 0 Å². The summed E-state index contributed by atoms with van der Waals surface area (Å²) in [6.45, 7) is 4.17. The Bertz CT molecular complexity index is 678. The molecule has 3 N–H and O–H groups in total. The molecule has 2 rings (SSSR count). The number of aromatic hydroxyl groups is 1. The third-order valence-corrected chi connectivity index (χ3v) is 3.88. The van der Waals surface area contributed by atoms with Crippen molar-refractivity contribution in [2.45, 2.75) is 33.2 Å². The van der Waals surface area contributed by atoms with E-state index in [9.17, 15) is 8.42 Å². The molecule has 0 aliphatic heterocycles. The summed E-state index contributed by atoms with van der Waals surface area (Å²) in [5.41, 5.74) is 1.91. The second-order valence-electron chi connectivity index (χ2n) is 4.93. The minimum Gasteiger partial charge on any atom is -0.508 e. The van der Waals surface area contributed by atoms with Gasteiger partial charge in [0.05, 0.1) is 6.33 Å². The summed E-state index contributed by atoms with van der Waals surface area (Å²) in [6.07, 6.45) is 6.75. The Hall–Kier alpha value is -2.12. The molecule has 0 aliphatic carbocycles. The van der Waals surface area contributed by atoms with E-state index < -0.39 is 10.0 Å². The van der Waals surface area contributed by atoms with Crippen LogP contribution in [0.5, 0.6) is 5.75 Å². The lowest BCUT2D eigenvalue weighted by atomic mass is 10.2. The minimum absolute atomic E-state index is 0.166. The van der Waals surface area contributed by atoms with Crippen molar-refractivity contribution in [3.8, 4) is 5.75 Å². The average molecular weight is 337 g/mol. The van der Waals surface area contributed by atoms with Crippen LogP contribution in [0.15, 0.2) is 48.3 Å². The zero-order chi connectivity index (χ0) is 17.1. The first-order valence-electron chi connectivity index (χ1n) is 7.32. The van der Waals surface area contributed by atoms with Crippen LogP contribution in [0.25, 0.3) is 0 Å². The lowest BCUT2D eigenvalue weighted by Gasteiger charge is -2.03. The second-order valence-corrected chi connectivity index (χ2v) is 6.58. The smallest absolute Gasteiger partial charge is 0.233 e. The van der Waals surface area contributed by atoms with Gasteiger partial charge in [0.25, 0.3) is 0 Å². The van der Waals surface area contributed by atoms with E-state index in [0.717, 1.165) is 24.1 Å². The Labute approximate surface area is 137 Å². The van der Waals surface area contributed by atoms with Crippen LogP contribution in [0.1, 0.15) is 31.0 Å². The largest absolute Gasteiger partial charge is 0.508 e. The van der Waals surface area contributed by atoms with E-state index >= 15 is 0 Å². The van der Waals surface area contributed by atoms with E-state index in [1.165, 1.54) is 17.5 Å². The van der Waals surface area contributed by atoms with Gasteiger partial charge in [-0.1, -0.05) is 31.6 Å². The summed E-state index contributed by atoms with van der Waals surface area (Å²) >= 11 is 0. The molecule has 1 aromatic carbocycles. The van der Waals surface area contributed by atoms with Gasteiger partial charge in [0, 0.05) is 23.8 Å². The van der Waals surface area contributed by atoms with Gasteiger partial charge in [0.2, 0.25) is 10.0 Å². The monoisotopic (exact) mass is 337 g/mol. The van der Waals surface area contributed by atoms with Gasteiger partial charge >= 0.3 is 0 Å². The first-order valence-corrected chi connectivity index (χ1v) is 8.86. The van der Waals surface area contributed by atoms with Crippen LogP contribution in [0.2, 0.25) is 0 Å². The molecular weight excluding hydrogens is 314 g/mol. The standard InChI is InChI=1S/C12H17NO3S.C4H6N2/c1-2-3-4-9-17(15,16)13-10-11-5-7-12(14)8-6-11;1-4-2-5-3-6-4/h4-9,13-14H,2-3,10H2,1H3;2-3H,1H3,(H,5,6)/b9-4+;. The molecule has 2 aromatic rings. The zero-order valence-corrected chi connectivity index (χ0v) is 14.2. The molecule has 6 nitrogen and oxygen atoms in total. The van der Waals surface area contributed by atoms with E-state index in [2.05, 4.69) is 14.7 Å². The molecule has 0 saturated heterocycles. The molecule has 0 radical (unpaired) electrons. The number of imidazole rings is 1. The summed E-state index contributed by atoms with van der Waals surface area (Å²) in [7, 11) is -3.36. The molecule has 0 unspecified atom stereocenters. The third kappa shape index (κ3) is 8.80. The second kappa shape index (κ2) is 9.81. The summed E-state index contributed by atoms with van der Waals surface area (Å²) in [4.78, 5) is 6.66. The minimum atomic E-state index is -3.36. The molecule has 0 bridgehead atoms. The van der Waals surface area contributed by atoms with Crippen molar-refractivity contribution < 1.29 is 13.5 Å². The number of nitrogens with one attached hydrogen (secondary N) is 2.